The van der Waals surface area contributed by atoms with Crippen molar-refractivity contribution in [1.29, 1.82) is 0 Å². The summed E-state index contributed by atoms with van der Waals surface area (Å²) in [5, 5.41) is 0.505. The molecule has 0 saturated carbocycles. The molecule has 7 nitrogen and oxygen atoms in total. The maximum Gasteiger partial charge on any atom is 0.315 e. The fraction of sp³-hybridized carbons (Fsp3) is 0.259. The number of nitrogens with zero attached hydrogens (tertiary/aromatic N) is 2. The maximum atomic E-state index is 13.1. The number of hydrogen-bond acceptors (Lipinski definition) is 6. The average Bonchev–Trinajstić information content (AvgIpc) is 3.14. The maximum absolute atomic E-state index is 13.1. The van der Waals surface area contributed by atoms with Gasteiger partial charge in [-0.2, -0.15) is 0 Å². The van der Waals surface area contributed by atoms with E-state index in [4.69, 9.17) is 9.47 Å². The number of sulfone groups is 1. The van der Waals surface area contributed by atoms with E-state index in [-0.39, 0.29) is 18.1 Å². The summed E-state index contributed by atoms with van der Waals surface area (Å²) >= 11 is 0. The molecule has 0 bridgehead atoms. The number of fused-ring (bicyclic) bond motifs is 1. The molecular formula is C27H28N2O5S. The first kappa shape index (κ1) is 24.5. The Bertz CT molecular complexity index is 1430. The molecule has 0 amide bonds. The molecule has 0 fully saturated rings. The highest BCUT2D eigenvalue weighted by molar-refractivity contribution is 7.91. The van der Waals surface area contributed by atoms with Gasteiger partial charge < -0.3 is 14.0 Å². The van der Waals surface area contributed by atoms with E-state index in [0.29, 0.717) is 28.8 Å². The van der Waals surface area contributed by atoms with Gasteiger partial charge in [-0.15, -0.1) is 0 Å². The Morgan fingerprint density at radius 2 is 1.80 bits per heavy atom. The Kier molecular flexibility index (Phi) is 7.21. The van der Waals surface area contributed by atoms with E-state index in [9.17, 15) is 13.2 Å². The van der Waals surface area contributed by atoms with Crippen molar-refractivity contribution in [3.8, 4) is 5.75 Å². The Hall–Kier alpha value is -3.65. The van der Waals surface area contributed by atoms with Crippen LogP contribution in [0.5, 0.6) is 5.75 Å². The minimum Gasteiger partial charge on any atom is -0.487 e. The average molecular weight is 493 g/mol. The molecule has 35 heavy (non-hydrogen) atoms. The van der Waals surface area contributed by atoms with E-state index in [2.05, 4.69) is 4.98 Å². The summed E-state index contributed by atoms with van der Waals surface area (Å²) in [4.78, 5) is 17.5. The zero-order valence-electron chi connectivity index (χ0n) is 20.0. The van der Waals surface area contributed by atoms with Crippen LogP contribution >= 0.6 is 0 Å². The zero-order valence-corrected chi connectivity index (χ0v) is 20.8. The van der Waals surface area contributed by atoms with Gasteiger partial charge in [-0.3, -0.25) is 9.78 Å². The first-order valence-electron chi connectivity index (χ1n) is 11.3. The fourth-order valence-corrected chi connectivity index (χ4v) is 5.53. The van der Waals surface area contributed by atoms with Gasteiger partial charge in [0.15, 0.2) is 9.84 Å². The number of carbonyl (C=O) groups is 1. The summed E-state index contributed by atoms with van der Waals surface area (Å²) < 4.78 is 39.2. The lowest BCUT2D eigenvalue weighted by molar-refractivity contribution is -0.145. The molecular weight excluding hydrogens is 464 g/mol. The van der Waals surface area contributed by atoms with E-state index < -0.39 is 21.7 Å². The van der Waals surface area contributed by atoms with Gasteiger partial charge in [0, 0.05) is 30.4 Å². The molecule has 0 aliphatic rings. The molecule has 2 aromatic heterocycles. The molecule has 0 aliphatic heterocycles. The van der Waals surface area contributed by atoms with Crippen molar-refractivity contribution in [2.45, 2.75) is 30.8 Å². The highest BCUT2D eigenvalue weighted by Gasteiger charge is 2.33. The lowest BCUT2D eigenvalue weighted by Crippen LogP contribution is -2.22. The molecule has 0 aliphatic carbocycles. The van der Waals surface area contributed by atoms with Crippen molar-refractivity contribution in [1.82, 2.24) is 9.55 Å². The van der Waals surface area contributed by atoms with Gasteiger partial charge in [0.1, 0.15) is 18.3 Å². The molecule has 4 aromatic rings. The third-order valence-corrected chi connectivity index (χ3v) is 7.01. The molecule has 182 valence electrons. The first-order chi connectivity index (χ1) is 16.8. The van der Waals surface area contributed by atoms with Gasteiger partial charge in [0.25, 0.3) is 0 Å². The van der Waals surface area contributed by atoms with Gasteiger partial charge in [-0.1, -0.05) is 36.4 Å². The Balaban J connectivity index is 1.83. The number of pyridine rings is 1. The van der Waals surface area contributed by atoms with Gasteiger partial charge in [0.2, 0.25) is 0 Å². The monoisotopic (exact) mass is 492 g/mol. The molecule has 2 aromatic carbocycles. The largest absolute Gasteiger partial charge is 0.487 e. The van der Waals surface area contributed by atoms with Crippen LogP contribution in [0.3, 0.4) is 0 Å². The SMILES string of the molecule is CCOC(=O)C(Cc1ccccc1)c1c(S(C)(=O)=O)c2cc(OCc3ccccn3)ccc2n1C. The van der Waals surface area contributed by atoms with Crippen LogP contribution in [0.1, 0.15) is 29.8 Å². The first-order valence-corrected chi connectivity index (χ1v) is 13.2. The lowest BCUT2D eigenvalue weighted by atomic mass is 9.96. The summed E-state index contributed by atoms with van der Waals surface area (Å²) in [5.41, 5.74) is 2.77. The highest BCUT2D eigenvalue weighted by Crippen LogP contribution is 2.38. The number of ether oxygens (including phenoxy) is 2. The number of benzene rings is 2. The molecule has 2 heterocycles. The molecule has 8 heteroatoms. The Labute approximate surface area is 205 Å². The van der Waals surface area contributed by atoms with Crippen LogP contribution < -0.4 is 4.74 Å². The minimum atomic E-state index is -3.71. The summed E-state index contributed by atoms with van der Waals surface area (Å²) in [6, 6.07) is 20.4. The number of aromatic nitrogens is 2. The van der Waals surface area contributed by atoms with E-state index >= 15 is 0 Å². The van der Waals surface area contributed by atoms with Gasteiger partial charge in [0.05, 0.1) is 22.9 Å². The Morgan fingerprint density at radius 1 is 1.06 bits per heavy atom. The van der Waals surface area contributed by atoms with Crippen LogP contribution in [0, 0.1) is 0 Å². The minimum absolute atomic E-state index is 0.118. The topological polar surface area (TPSA) is 87.5 Å². The van der Waals surface area contributed by atoms with Gasteiger partial charge in [-0.25, -0.2) is 8.42 Å². The molecule has 0 spiro atoms. The van der Waals surface area contributed by atoms with Crippen molar-refractivity contribution < 1.29 is 22.7 Å². The second kappa shape index (κ2) is 10.3. The number of esters is 1. The van der Waals surface area contributed by atoms with Crippen LogP contribution in [-0.2, 0) is 39.4 Å². The zero-order chi connectivity index (χ0) is 25.0. The number of hydrogen-bond donors (Lipinski definition) is 0. The Morgan fingerprint density at radius 3 is 2.46 bits per heavy atom. The standard InChI is InChI=1S/C27H28N2O5S/c1-4-33-27(30)23(16-19-10-6-5-7-11-19)25-26(35(3,31)32)22-17-21(13-14-24(22)29(25)2)34-18-20-12-8-9-15-28-20/h5-15,17,23H,4,16,18H2,1-3H3. The van der Waals surface area contributed by atoms with E-state index in [1.807, 2.05) is 54.6 Å². The van der Waals surface area contributed by atoms with Gasteiger partial charge in [-0.05, 0) is 49.2 Å². The van der Waals surface area contributed by atoms with E-state index in [1.165, 1.54) is 0 Å². The second-order valence-corrected chi connectivity index (χ2v) is 10.3. The molecule has 0 saturated heterocycles. The van der Waals surface area contributed by atoms with Crippen molar-refractivity contribution in [2.75, 3.05) is 12.9 Å². The smallest absolute Gasteiger partial charge is 0.315 e. The van der Waals surface area contributed by atoms with Crippen molar-refractivity contribution in [3.05, 3.63) is 89.9 Å². The summed E-state index contributed by atoms with van der Waals surface area (Å²) in [7, 11) is -1.93. The molecule has 4 rings (SSSR count). The third kappa shape index (κ3) is 5.38. The molecule has 1 unspecified atom stereocenters. The molecule has 1 atom stereocenters. The quantitative estimate of drug-likeness (QED) is 0.321. The summed E-state index contributed by atoms with van der Waals surface area (Å²) in [6.45, 7) is 2.19. The van der Waals surface area contributed by atoms with Crippen LogP contribution in [-0.4, -0.2) is 36.8 Å². The van der Waals surface area contributed by atoms with E-state index in [1.54, 1.807) is 36.9 Å². The number of carbonyl (C=O) groups excluding carboxylic acids is 1. The summed E-state index contributed by atoms with van der Waals surface area (Å²) in [6.07, 6.45) is 3.17. The van der Waals surface area contributed by atoms with Crippen molar-refractivity contribution in [3.63, 3.8) is 0 Å². The van der Waals surface area contributed by atoms with Gasteiger partial charge >= 0.3 is 5.97 Å². The number of aryl methyl sites for hydroxylation is 1. The highest BCUT2D eigenvalue weighted by atomic mass is 32.2. The van der Waals surface area contributed by atoms with Crippen LogP contribution in [0.25, 0.3) is 10.9 Å². The molecule has 0 radical (unpaired) electrons. The number of rotatable bonds is 9. The second-order valence-electron chi connectivity index (χ2n) is 8.33. The molecule has 0 N–H and O–H groups in total. The van der Waals surface area contributed by atoms with Crippen LogP contribution in [0.2, 0.25) is 0 Å². The van der Waals surface area contributed by atoms with Crippen LogP contribution in [0.15, 0.2) is 77.8 Å². The van der Waals surface area contributed by atoms with Crippen molar-refractivity contribution >= 4 is 26.7 Å². The predicted molar refractivity (Wildman–Crippen MR) is 134 cm³/mol. The normalized spacial score (nSPS) is 12.4. The van der Waals surface area contributed by atoms with Crippen LogP contribution in [0.4, 0.5) is 0 Å². The van der Waals surface area contributed by atoms with Crippen molar-refractivity contribution in [2.24, 2.45) is 7.05 Å². The predicted octanol–water partition coefficient (Wildman–Crippen LogP) is 4.45. The van der Waals surface area contributed by atoms with E-state index in [0.717, 1.165) is 17.5 Å². The third-order valence-electron chi connectivity index (χ3n) is 5.84. The summed E-state index contributed by atoms with van der Waals surface area (Å²) in [5.74, 6) is -0.739. The fourth-order valence-electron chi connectivity index (χ4n) is 4.31. The lowest BCUT2D eigenvalue weighted by Gasteiger charge is -2.19.